The number of hydrogen-bond acceptors (Lipinski definition) is 5. The largest absolute Gasteiger partial charge is 0.351 e. The molecule has 0 spiro atoms. The van der Waals surface area contributed by atoms with Crippen LogP contribution in [0.1, 0.15) is 42.9 Å². The summed E-state index contributed by atoms with van der Waals surface area (Å²) in [6, 6.07) is 10.9. The standard InChI is InChI=1S/C25H32Cl2FN3O.2CH2O/c1-17-14-19(5-7-21(17)26)25(2,10-13-31-11-8-20(29-3)9-12-31)24(32)30-16-18-4-6-22(27)23(28)15-18;2*1-2/h4-7,14-15,20,29H,8-13,16H2,1-3H3,(H,30,32);2*1H2. The van der Waals surface area contributed by atoms with Crippen molar-refractivity contribution < 1.29 is 18.8 Å². The van der Waals surface area contributed by atoms with Gasteiger partial charge in [0.15, 0.2) is 0 Å². The molecule has 9 heteroatoms. The van der Waals surface area contributed by atoms with Gasteiger partial charge >= 0.3 is 0 Å². The molecule has 1 unspecified atom stereocenters. The Hall–Kier alpha value is -2.32. The highest BCUT2D eigenvalue weighted by Gasteiger charge is 2.36. The minimum atomic E-state index is -0.736. The lowest BCUT2D eigenvalue weighted by atomic mass is 9.77. The van der Waals surface area contributed by atoms with Crippen LogP contribution >= 0.6 is 23.2 Å². The van der Waals surface area contributed by atoms with Crippen LogP contribution in [0.4, 0.5) is 4.39 Å². The maximum atomic E-state index is 13.8. The van der Waals surface area contributed by atoms with Gasteiger partial charge in [-0.1, -0.05) is 41.4 Å². The summed E-state index contributed by atoms with van der Waals surface area (Å²) in [5.41, 5.74) is 1.81. The van der Waals surface area contributed by atoms with Gasteiger partial charge in [-0.05, 0) is 94.7 Å². The Morgan fingerprint density at radius 1 is 1.08 bits per heavy atom. The van der Waals surface area contributed by atoms with Gasteiger partial charge in [-0.15, -0.1) is 0 Å². The van der Waals surface area contributed by atoms with E-state index in [0.717, 1.165) is 43.6 Å². The van der Waals surface area contributed by atoms with Crippen LogP contribution in [-0.4, -0.2) is 57.1 Å². The average molecular weight is 541 g/mol. The highest BCUT2D eigenvalue weighted by molar-refractivity contribution is 6.31. The van der Waals surface area contributed by atoms with Gasteiger partial charge in [0.05, 0.1) is 10.4 Å². The van der Waals surface area contributed by atoms with E-state index in [1.807, 2.05) is 52.7 Å². The molecular weight excluding hydrogens is 504 g/mol. The number of nitrogens with one attached hydrogen (secondary N) is 2. The molecule has 1 fully saturated rings. The first-order chi connectivity index (χ1) is 17.2. The Balaban J connectivity index is 0.00000154. The van der Waals surface area contributed by atoms with E-state index in [1.165, 1.54) is 12.1 Å². The zero-order valence-electron chi connectivity index (χ0n) is 21.2. The molecule has 0 bridgehead atoms. The number of carbonyl (C=O) groups is 3. The summed E-state index contributed by atoms with van der Waals surface area (Å²) in [5, 5.41) is 7.12. The van der Waals surface area contributed by atoms with Crippen LogP contribution in [0.25, 0.3) is 0 Å². The van der Waals surface area contributed by atoms with E-state index in [1.54, 1.807) is 6.07 Å². The summed E-state index contributed by atoms with van der Waals surface area (Å²) in [5.74, 6) is -0.570. The quantitative estimate of drug-likeness (QED) is 0.507. The molecule has 1 saturated heterocycles. The number of aryl methyl sites for hydroxylation is 1. The maximum absolute atomic E-state index is 13.8. The van der Waals surface area contributed by atoms with Crippen molar-refractivity contribution in [3.8, 4) is 0 Å². The van der Waals surface area contributed by atoms with E-state index in [-0.39, 0.29) is 17.5 Å². The smallest absolute Gasteiger partial charge is 0.230 e. The topological polar surface area (TPSA) is 78.5 Å². The van der Waals surface area contributed by atoms with E-state index < -0.39 is 11.2 Å². The van der Waals surface area contributed by atoms with Crippen molar-refractivity contribution >= 4 is 42.7 Å². The molecular formula is C27H36Cl2FN3O3. The van der Waals surface area contributed by atoms with Crippen LogP contribution in [0.2, 0.25) is 10.0 Å². The SMILES string of the molecule is C=O.C=O.CNC1CCN(CCC(C)(C(=O)NCc2ccc(Cl)c(F)c2)c2ccc(Cl)c(C)c2)CC1. The summed E-state index contributed by atoms with van der Waals surface area (Å²) in [4.78, 5) is 31.9. The molecule has 0 aromatic heterocycles. The van der Waals surface area contributed by atoms with Crippen molar-refractivity contribution in [1.29, 1.82) is 0 Å². The van der Waals surface area contributed by atoms with Crippen LogP contribution in [0.3, 0.4) is 0 Å². The average Bonchev–Trinajstić information content (AvgIpc) is 2.91. The lowest BCUT2D eigenvalue weighted by Crippen LogP contribution is -2.46. The molecule has 36 heavy (non-hydrogen) atoms. The Morgan fingerprint density at radius 2 is 1.69 bits per heavy atom. The number of carbonyl (C=O) groups excluding carboxylic acids is 3. The number of likely N-dealkylation sites (tertiary alicyclic amines) is 1. The molecule has 1 amide bonds. The molecule has 2 aromatic carbocycles. The lowest BCUT2D eigenvalue weighted by molar-refractivity contribution is -0.126. The molecule has 1 atom stereocenters. The number of benzene rings is 2. The number of halogens is 3. The fourth-order valence-corrected chi connectivity index (χ4v) is 4.47. The number of rotatable bonds is 8. The van der Waals surface area contributed by atoms with Gasteiger partial charge in [0.2, 0.25) is 5.91 Å². The third-order valence-corrected chi connectivity index (χ3v) is 7.39. The fourth-order valence-electron chi connectivity index (χ4n) is 4.23. The van der Waals surface area contributed by atoms with Crippen molar-refractivity contribution in [2.45, 2.75) is 51.1 Å². The molecule has 2 N–H and O–H groups in total. The van der Waals surface area contributed by atoms with Crippen molar-refractivity contribution in [3.63, 3.8) is 0 Å². The maximum Gasteiger partial charge on any atom is 0.230 e. The lowest BCUT2D eigenvalue weighted by Gasteiger charge is -2.35. The number of piperidine rings is 1. The normalized spacial score (nSPS) is 15.5. The minimum absolute atomic E-state index is 0.0728. The van der Waals surface area contributed by atoms with Crippen molar-refractivity contribution in [3.05, 3.63) is 69.0 Å². The van der Waals surface area contributed by atoms with Crippen molar-refractivity contribution in [2.24, 2.45) is 0 Å². The van der Waals surface area contributed by atoms with Crippen LogP contribution in [-0.2, 0) is 26.3 Å². The third kappa shape index (κ3) is 8.66. The van der Waals surface area contributed by atoms with E-state index in [9.17, 15) is 9.18 Å². The molecule has 6 nitrogen and oxygen atoms in total. The Bertz CT molecular complexity index is 985. The van der Waals surface area contributed by atoms with Gasteiger partial charge in [-0.25, -0.2) is 4.39 Å². The second-order valence-corrected chi connectivity index (χ2v) is 9.70. The first-order valence-electron chi connectivity index (χ1n) is 11.7. The van der Waals surface area contributed by atoms with E-state index >= 15 is 0 Å². The monoisotopic (exact) mass is 539 g/mol. The van der Waals surface area contributed by atoms with Gasteiger partial charge in [0.1, 0.15) is 19.4 Å². The molecule has 198 valence electrons. The zero-order valence-corrected chi connectivity index (χ0v) is 22.7. The van der Waals surface area contributed by atoms with Gasteiger partial charge in [-0.3, -0.25) is 4.79 Å². The predicted octanol–water partition coefficient (Wildman–Crippen LogP) is 4.72. The molecule has 1 aliphatic heterocycles. The summed E-state index contributed by atoms with van der Waals surface area (Å²) in [7, 11) is 2.01. The summed E-state index contributed by atoms with van der Waals surface area (Å²) >= 11 is 12.0. The van der Waals surface area contributed by atoms with E-state index in [0.29, 0.717) is 23.0 Å². The second-order valence-electron chi connectivity index (χ2n) is 8.88. The number of nitrogens with zero attached hydrogens (tertiary/aromatic N) is 1. The Morgan fingerprint density at radius 3 is 2.25 bits per heavy atom. The third-order valence-electron chi connectivity index (χ3n) is 6.66. The highest BCUT2D eigenvalue weighted by Crippen LogP contribution is 2.32. The van der Waals surface area contributed by atoms with Crippen LogP contribution in [0.15, 0.2) is 36.4 Å². The van der Waals surface area contributed by atoms with Crippen LogP contribution in [0, 0.1) is 12.7 Å². The van der Waals surface area contributed by atoms with Gasteiger partial charge in [0.25, 0.3) is 0 Å². The van der Waals surface area contributed by atoms with Crippen LogP contribution in [0.5, 0.6) is 0 Å². The predicted molar refractivity (Wildman–Crippen MR) is 144 cm³/mol. The molecule has 2 aromatic rings. The first kappa shape index (κ1) is 31.7. The van der Waals surface area contributed by atoms with Gasteiger partial charge in [0, 0.05) is 17.6 Å². The Labute approximate surface area is 223 Å². The molecule has 0 radical (unpaired) electrons. The molecule has 1 heterocycles. The first-order valence-corrected chi connectivity index (χ1v) is 12.4. The summed E-state index contributed by atoms with van der Waals surface area (Å²) in [6.45, 7) is 11.0. The van der Waals surface area contributed by atoms with Crippen molar-refractivity contribution in [1.82, 2.24) is 15.5 Å². The molecule has 0 saturated carbocycles. The van der Waals surface area contributed by atoms with Crippen LogP contribution < -0.4 is 10.6 Å². The minimum Gasteiger partial charge on any atom is -0.351 e. The Kier molecular flexibility index (Phi) is 13.8. The molecule has 3 rings (SSSR count). The zero-order chi connectivity index (χ0) is 27.3. The summed E-state index contributed by atoms with van der Waals surface area (Å²) < 4.78 is 13.8. The van der Waals surface area contributed by atoms with Gasteiger partial charge < -0.3 is 25.1 Å². The molecule has 1 aliphatic rings. The van der Waals surface area contributed by atoms with E-state index in [4.69, 9.17) is 32.8 Å². The molecule has 0 aliphatic carbocycles. The van der Waals surface area contributed by atoms with Gasteiger partial charge in [-0.2, -0.15) is 0 Å². The summed E-state index contributed by atoms with van der Waals surface area (Å²) in [6.07, 6.45) is 2.91. The second kappa shape index (κ2) is 15.7. The number of amides is 1. The van der Waals surface area contributed by atoms with E-state index in [2.05, 4.69) is 15.5 Å². The number of hydrogen-bond donors (Lipinski definition) is 2. The fraction of sp³-hybridized carbons (Fsp3) is 0.444. The van der Waals surface area contributed by atoms with Crippen molar-refractivity contribution in [2.75, 3.05) is 26.7 Å². The highest BCUT2D eigenvalue weighted by atomic mass is 35.5.